The monoisotopic (exact) mass is 256 g/mol. The third kappa shape index (κ3) is 2.25. The van der Waals surface area contributed by atoms with Crippen molar-refractivity contribution in [3.63, 3.8) is 0 Å². The minimum absolute atomic E-state index is 0.274. The molecule has 1 aromatic carbocycles. The number of benzene rings is 1. The Balaban J connectivity index is 1.87. The van der Waals surface area contributed by atoms with Gasteiger partial charge in [-0.1, -0.05) is 23.8 Å². The third-order valence-electron chi connectivity index (χ3n) is 3.55. The Morgan fingerprint density at radius 2 is 2.17 bits per heavy atom. The van der Waals surface area contributed by atoms with Crippen LogP contribution in [0.25, 0.3) is 10.1 Å². The zero-order valence-corrected chi connectivity index (χ0v) is 11.1. The van der Waals surface area contributed by atoms with Gasteiger partial charge in [-0.3, -0.25) is 4.79 Å². The molecule has 3 rings (SSSR count). The van der Waals surface area contributed by atoms with Crippen LogP contribution >= 0.6 is 11.3 Å². The average molecular weight is 256 g/mol. The van der Waals surface area contributed by atoms with Crippen molar-refractivity contribution < 1.29 is 4.79 Å². The molecular formula is C16H16OS. The first-order chi connectivity index (χ1) is 8.84. The summed E-state index contributed by atoms with van der Waals surface area (Å²) in [6.45, 7) is 0. The predicted molar refractivity (Wildman–Crippen MR) is 77.3 cm³/mol. The number of allylic oxidation sites excluding steroid dienone is 2. The van der Waals surface area contributed by atoms with Gasteiger partial charge in [0.25, 0.3) is 0 Å². The summed E-state index contributed by atoms with van der Waals surface area (Å²) in [6.07, 6.45) is 7.63. The first-order valence-corrected chi connectivity index (χ1v) is 7.40. The van der Waals surface area contributed by atoms with E-state index in [1.165, 1.54) is 23.8 Å². The lowest BCUT2D eigenvalue weighted by molar-refractivity contribution is 0.0993. The van der Waals surface area contributed by atoms with Crippen molar-refractivity contribution in [2.45, 2.75) is 32.1 Å². The molecule has 0 N–H and O–H groups in total. The predicted octanol–water partition coefficient (Wildman–Crippen LogP) is 4.97. The SMILES string of the molecule is O=C(CC1=CCCCC1)c1cccc2ccsc12. The molecule has 1 heterocycles. The summed E-state index contributed by atoms with van der Waals surface area (Å²) in [6, 6.07) is 8.10. The first kappa shape index (κ1) is 11.7. The molecule has 0 amide bonds. The molecule has 0 bridgehead atoms. The van der Waals surface area contributed by atoms with Crippen LogP contribution in [-0.2, 0) is 0 Å². The van der Waals surface area contributed by atoms with Crippen LogP contribution in [0.2, 0.25) is 0 Å². The second-order valence-electron chi connectivity index (χ2n) is 4.85. The van der Waals surface area contributed by atoms with Crippen molar-refractivity contribution in [2.75, 3.05) is 0 Å². The molecule has 1 nitrogen and oxygen atoms in total. The lowest BCUT2D eigenvalue weighted by Crippen LogP contribution is -2.03. The Hall–Kier alpha value is -1.41. The van der Waals surface area contributed by atoms with Gasteiger partial charge in [0.1, 0.15) is 0 Å². The minimum Gasteiger partial charge on any atom is -0.294 e. The van der Waals surface area contributed by atoms with E-state index in [1.54, 1.807) is 11.3 Å². The van der Waals surface area contributed by atoms with Gasteiger partial charge in [-0.05, 0) is 48.6 Å². The highest BCUT2D eigenvalue weighted by Crippen LogP contribution is 2.28. The number of hydrogen-bond acceptors (Lipinski definition) is 2. The average Bonchev–Trinajstić information content (AvgIpc) is 2.87. The topological polar surface area (TPSA) is 17.1 Å². The maximum absolute atomic E-state index is 12.4. The number of carbonyl (C=O) groups excluding carboxylic acids is 1. The first-order valence-electron chi connectivity index (χ1n) is 6.52. The number of rotatable bonds is 3. The van der Waals surface area contributed by atoms with E-state index in [0.29, 0.717) is 6.42 Å². The van der Waals surface area contributed by atoms with E-state index in [-0.39, 0.29) is 5.78 Å². The Morgan fingerprint density at radius 3 is 3.00 bits per heavy atom. The number of thiophene rings is 1. The molecule has 0 saturated heterocycles. The summed E-state index contributed by atoms with van der Waals surface area (Å²) in [5, 5.41) is 3.24. The fourth-order valence-electron chi connectivity index (χ4n) is 2.58. The van der Waals surface area contributed by atoms with Crippen LogP contribution < -0.4 is 0 Å². The van der Waals surface area contributed by atoms with Gasteiger partial charge in [0, 0.05) is 16.7 Å². The zero-order chi connectivity index (χ0) is 12.4. The van der Waals surface area contributed by atoms with Gasteiger partial charge in [0.05, 0.1) is 0 Å². The van der Waals surface area contributed by atoms with E-state index >= 15 is 0 Å². The summed E-state index contributed by atoms with van der Waals surface area (Å²) < 4.78 is 1.14. The van der Waals surface area contributed by atoms with Crippen LogP contribution in [0.4, 0.5) is 0 Å². The smallest absolute Gasteiger partial charge is 0.168 e. The van der Waals surface area contributed by atoms with E-state index < -0.39 is 0 Å². The van der Waals surface area contributed by atoms with Crippen molar-refractivity contribution in [3.8, 4) is 0 Å². The van der Waals surface area contributed by atoms with Crippen LogP contribution in [0, 0.1) is 0 Å². The van der Waals surface area contributed by atoms with Gasteiger partial charge in [-0.15, -0.1) is 11.3 Å². The highest BCUT2D eigenvalue weighted by molar-refractivity contribution is 7.17. The molecule has 0 fully saturated rings. The van der Waals surface area contributed by atoms with Crippen LogP contribution in [-0.4, -0.2) is 5.78 Å². The van der Waals surface area contributed by atoms with Gasteiger partial charge < -0.3 is 0 Å². The van der Waals surface area contributed by atoms with E-state index in [0.717, 1.165) is 23.1 Å². The molecule has 0 unspecified atom stereocenters. The number of ketones is 1. The van der Waals surface area contributed by atoms with Crippen LogP contribution in [0.5, 0.6) is 0 Å². The van der Waals surface area contributed by atoms with Crippen LogP contribution in [0.15, 0.2) is 41.3 Å². The molecule has 18 heavy (non-hydrogen) atoms. The number of Topliss-reactive ketones (excluding diaryl/α,β-unsaturated/α-hetero) is 1. The molecule has 2 heteroatoms. The molecule has 0 radical (unpaired) electrons. The van der Waals surface area contributed by atoms with Crippen molar-refractivity contribution in [1.82, 2.24) is 0 Å². The molecule has 92 valence electrons. The molecule has 1 aliphatic rings. The highest BCUT2D eigenvalue weighted by Gasteiger charge is 2.14. The van der Waals surface area contributed by atoms with Crippen molar-refractivity contribution >= 4 is 27.2 Å². The van der Waals surface area contributed by atoms with Crippen molar-refractivity contribution in [1.29, 1.82) is 0 Å². The van der Waals surface area contributed by atoms with Crippen molar-refractivity contribution in [2.24, 2.45) is 0 Å². The summed E-state index contributed by atoms with van der Waals surface area (Å²) >= 11 is 1.66. The zero-order valence-electron chi connectivity index (χ0n) is 10.3. The number of carbonyl (C=O) groups is 1. The van der Waals surface area contributed by atoms with E-state index in [9.17, 15) is 4.79 Å². The Bertz CT molecular complexity index is 606. The van der Waals surface area contributed by atoms with Gasteiger partial charge in [0.15, 0.2) is 5.78 Å². The lowest BCUT2D eigenvalue weighted by Gasteiger charge is -2.12. The molecule has 0 spiro atoms. The summed E-state index contributed by atoms with van der Waals surface area (Å²) in [4.78, 5) is 12.4. The standard InChI is InChI=1S/C16H16OS/c17-15(11-12-5-2-1-3-6-12)14-8-4-7-13-9-10-18-16(13)14/h4-5,7-10H,1-3,6,11H2. The fraction of sp³-hybridized carbons (Fsp3) is 0.312. The highest BCUT2D eigenvalue weighted by atomic mass is 32.1. The Kier molecular flexibility index (Phi) is 3.28. The lowest BCUT2D eigenvalue weighted by atomic mass is 9.93. The molecular weight excluding hydrogens is 240 g/mol. The molecule has 0 aliphatic heterocycles. The molecule has 0 saturated carbocycles. The summed E-state index contributed by atoms with van der Waals surface area (Å²) in [7, 11) is 0. The largest absolute Gasteiger partial charge is 0.294 e. The molecule has 0 atom stereocenters. The normalized spacial score (nSPS) is 15.7. The van der Waals surface area contributed by atoms with E-state index in [2.05, 4.69) is 23.6 Å². The quantitative estimate of drug-likeness (QED) is 0.559. The fourth-order valence-corrected chi connectivity index (χ4v) is 3.51. The van der Waals surface area contributed by atoms with Crippen LogP contribution in [0.3, 0.4) is 0 Å². The Labute approximate surface area is 111 Å². The van der Waals surface area contributed by atoms with Gasteiger partial charge in [-0.25, -0.2) is 0 Å². The second kappa shape index (κ2) is 5.07. The van der Waals surface area contributed by atoms with Gasteiger partial charge >= 0.3 is 0 Å². The summed E-state index contributed by atoms with van der Waals surface area (Å²) in [5.41, 5.74) is 2.23. The van der Waals surface area contributed by atoms with Gasteiger partial charge in [-0.2, -0.15) is 0 Å². The van der Waals surface area contributed by atoms with Crippen LogP contribution in [0.1, 0.15) is 42.5 Å². The maximum Gasteiger partial charge on any atom is 0.168 e. The summed E-state index contributed by atoms with van der Waals surface area (Å²) in [5.74, 6) is 0.274. The minimum atomic E-state index is 0.274. The van der Waals surface area contributed by atoms with E-state index in [4.69, 9.17) is 0 Å². The maximum atomic E-state index is 12.4. The van der Waals surface area contributed by atoms with Gasteiger partial charge in [0.2, 0.25) is 0 Å². The molecule has 1 aliphatic carbocycles. The number of fused-ring (bicyclic) bond motifs is 1. The second-order valence-corrected chi connectivity index (χ2v) is 5.77. The number of hydrogen-bond donors (Lipinski definition) is 0. The Morgan fingerprint density at radius 1 is 1.22 bits per heavy atom. The third-order valence-corrected chi connectivity index (χ3v) is 4.52. The van der Waals surface area contributed by atoms with Crippen molar-refractivity contribution in [3.05, 3.63) is 46.9 Å². The molecule has 2 aromatic rings. The van der Waals surface area contributed by atoms with E-state index in [1.807, 2.05) is 12.1 Å². The molecule has 1 aromatic heterocycles.